The molecule has 0 aliphatic carbocycles. The molecule has 6 nitrogen and oxygen atoms in total. The minimum Gasteiger partial charge on any atom is -0.395 e. The number of rotatable bonds is 4. The molecule has 0 bridgehead atoms. The summed E-state index contributed by atoms with van der Waals surface area (Å²) >= 11 is 1.24. The van der Waals surface area contributed by atoms with Gasteiger partial charge in [-0.3, -0.25) is 9.69 Å². The van der Waals surface area contributed by atoms with Crippen molar-refractivity contribution in [1.82, 2.24) is 14.8 Å². The van der Waals surface area contributed by atoms with Gasteiger partial charge in [0.1, 0.15) is 4.88 Å². The number of hydrogen-bond donors (Lipinski definition) is 2. The van der Waals surface area contributed by atoms with Gasteiger partial charge in [-0.1, -0.05) is 41.7 Å². The molecule has 2 aromatic rings. The normalized spacial score (nSPS) is 15.8. The van der Waals surface area contributed by atoms with E-state index < -0.39 is 0 Å². The SMILES string of the molecule is Nc1nc(-c2ccccc2)c(C(=O)N2CCN(CCO)CC2)s1. The number of nitrogens with two attached hydrogens (primary N) is 1. The van der Waals surface area contributed by atoms with Crippen LogP contribution in [0.5, 0.6) is 0 Å². The van der Waals surface area contributed by atoms with Gasteiger partial charge in [0.2, 0.25) is 0 Å². The summed E-state index contributed by atoms with van der Waals surface area (Å²) in [7, 11) is 0. The Bertz CT molecular complexity index is 666. The van der Waals surface area contributed by atoms with Crippen LogP contribution >= 0.6 is 11.3 Å². The van der Waals surface area contributed by atoms with Crippen LogP contribution in [0.2, 0.25) is 0 Å². The first kappa shape index (κ1) is 15.9. The molecule has 3 rings (SSSR count). The van der Waals surface area contributed by atoms with E-state index in [0.717, 1.165) is 18.7 Å². The number of carbonyl (C=O) groups excluding carboxylic acids is 1. The van der Waals surface area contributed by atoms with Gasteiger partial charge in [-0.05, 0) is 0 Å². The van der Waals surface area contributed by atoms with Gasteiger partial charge in [0.25, 0.3) is 5.91 Å². The number of piperazine rings is 1. The molecular formula is C16H20N4O2S. The first-order valence-electron chi connectivity index (χ1n) is 7.63. The number of nitrogens with zero attached hydrogens (tertiary/aromatic N) is 3. The number of β-amino-alcohol motifs (C(OH)–C–C–N with tert-alkyl or cyclic N) is 1. The Labute approximate surface area is 139 Å². The largest absolute Gasteiger partial charge is 0.395 e. The van der Waals surface area contributed by atoms with E-state index in [1.165, 1.54) is 11.3 Å². The van der Waals surface area contributed by atoms with Gasteiger partial charge in [-0.15, -0.1) is 0 Å². The van der Waals surface area contributed by atoms with Crippen molar-refractivity contribution in [1.29, 1.82) is 0 Å². The van der Waals surface area contributed by atoms with Crippen molar-refractivity contribution in [3.05, 3.63) is 35.2 Å². The monoisotopic (exact) mass is 332 g/mol. The van der Waals surface area contributed by atoms with Crippen LogP contribution < -0.4 is 5.73 Å². The van der Waals surface area contributed by atoms with Gasteiger partial charge in [-0.2, -0.15) is 0 Å². The van der Waals surface area contributed by atoms with E-state index in [1.54, 1.807) is 0 Å². The molecule has 0 unspecified atom stereocenters. The number of hydrogen-bond acceptors (Lipinski definition) is 6. The van der Waals surface area contributed by atoms with Gasteiger partial charge in [0.15, 0.2) is 5.13 Å². The Morgan fingerprint density at radius 3 is 2.57 bits per heavy atom. The van der Waals surface area contributed by atoms with Gasteiger partial charge < -0.3 is 15.7 Å². The highest BCUT2D eigenvalue weighted by molar-refractivity contribution is 7.17. The van der Waals surface area contributed by atoms with Crippen molar-refractivity contribution < 1.29 is 9.90 Å². The molecule has 0 atom stereocenters. The van der Waals surface area contributed by atoms with Crippen LogP contribution in [-0.2, 0) is 0 Å². The predicted molar refractivity (Wildman–Crippen MR) is 91.4 cm³/mol. The Hall–Kier alpha value is -1.96. The average molecular weight is 332 g/mol. The van der Waals surface area contributed by atoms with Crippen LogP contribution in [0, 0.1) is 0 Å². The van der Waals surface area contributed by atoms with E-state index in [4.69, 9.17) is 10.8 Å². The van der Waals surface area contributed by atoms with Crippen LogP contribution in [0.3, 0.4) is 0 Å². The molecule has 1 amide bonds. The second-order valence-corrected chi connectivity index (χ2v) is 6.48. The van der Waals surface area contributed by atoms with Crippen LogP contribution in [-0.4, -0.2) is 65.1 Å². The Kier molecular flexibility index (Phi) is 4.90. The summed E-state index contributed by atoms with van der Waals surface area (Å²) in [6.07, 6.45) is 0. The highest BCUT2D eigenvalue weighted by Crippen LogP contribution is 2.30. The third-order valence-corrected chi connectivity index (χ3v) is 4.83. The summed E-state index contributed by atoms with van der Waals surface area (Å²) < 4.78 is 0. The molecule has 3 N–H and O–H groups in total. The van der Waals surface area contributed by atoms with Crippen molar-refractivity contribution in [3.63, 3.8) is 0 Å². The second kappa shape index (κ2) is 7.08. The number of aromatic nitrogens is 1. The summed E-state index contributed by atoms with van der Waals surface area (Å²) in [5, 5.41) is 9.40. The number of anilines is 1. The molecule has 1 aliphatic heterocycles. The maximum Gasteiger partial charge on any atom is 0.266 e. The fraction of sp³-hybridized carbons (Fsp3) is 0.375. The van der Waals surface area contributed by atoms with Crippen LogP contribution in [0.15, 0.2) is 30.3 Å². The number of benzene rings is 1. The van der Waals surface area contributed by atoms with Crippen molar-refractivity contribution in [2.24, 2.45) is 0 Å². The second-order valence-electron chi connectivity index (χ2n) is 5.45. The van der Waals surface area contributed by atoms with E-state index >= 15 is 0 Å². The lowest BCUT2D eigenvalue weighted by molar-refractivity contribution is 0.0620. The summed E-state index contributed by atoms with van der Waals surface area (Å²) in [5.41, 5.74) is 7.41. The number of nitrogen functional groups attached to an aromatic ring is 1. The first-order chi connectivity index (χ1) is 11.2. The molecule has 23 heavy (non-hydrogen) atoms. The summed E-state index contributed by atoms with van der Waals surface area (Å²) in [5.74, 6) is -0.0123. The minimum absolute atomic E-state index is 0.0123. The zero-order valence-electron chi connectivity index (χ0n) is 12.8. The van der Waals surface area contributed by atoms with Crippen LogP contribution in [0.4, 0.5) is 5.13 Å². The van der Waals surface area contributed by atoms with E-state index in [9.17, 15) is 4.79 Å². The summed E-state index contributed by atoms with van der Waals surface area (Å²) in [4.78, 5) is 21.8. The van der Waals surface area contributed by atoms with Crippen molar-refractivity contribution in [2.45, 2.75) is 0 Å². The quantitative estimate of drug-likeness (QED) is 0.877. The molecule has 2 heterocycles. The number of aliphatic hydroxyl groups is 1. The van der Waals surface area contributed by atoms with E-state index in [2.05, 4.69) is 9.88 Å². The highest BCUT2D eigenvalue weighted by Gasteiger charge is 2.26. The zero-order chi connectivity index (χ0) is 16.2. The van der Waals surface area contributed by atoms with Gasteiger partial charge in [-0.25, -0.2) is 4.98 Å². The molecule has 122 valence electrons. The maximum atomic E-state index is 12.8. The van der Waals surface area contributed by atoms with Gasteiger partial charge >= 0.3 is 0 Å². The lowest BCUT2D eigenvalue weighted by Crippen LogP contribution is -2.49. The Morgan fingerprint density at radius 1 is 1.22 bits per heavy atom. The van der Waals surface area contributed by atoms with E-state index in [1.807, 2.05) is 35.2 Å². The summed E-state index contributed by atoms with van der Waals surface area (Å²) in [6.45, 7) is 3.68. The first-order valence-corrected chi connectivity index (χ1v) is 8.45. The molecule has 1 fully saturated rings. The van der Waals surface area contributed by atoms with Crippen LogP contribution in [0.25, 0.3) is 11.3 Å². The lowest BCUT2D eigenvalue weighted by Gasteiger charge is -2.34. The number of amides is 1. The highest BCUT2D eigenvalue weighted by atomic mass is 32.1. The van der Waals surface area contributed by atoms with E-state index in [0.29, 0.717) is 35.3 Å². The van der Waals surface area contributed by atoms with Crippen LogP contribution in [0.1, 0.15) is 9.67 Å². The topological polar surface area (TPSA) is 82.7 Å². The maximum absolute atomic E-state index is 12.8. The fourth-order valence-electron chi connectivity index (χ4n) is 2.73. The van der Waals surface area contributed by atoms with Gasteiger partial charge in [0, 0.05) is 38.3 Å². The van der Waals surface area contributed by atoms with Crippen molar-refractivity contribution in [3.8, 4) is 11.3 Å². The van der Waals surface area contributed by atoms with Gasteiger partial charge in [0.05, 0.1) is 12.3 Å². The zero-order valence-corrected chi connectivity index (χ0v) is 13.6. The molecule has 1 saturated heterocycles. The molecular weight excluding hydrogens is 312 g/mol. The molecule has 1 aliphatic rings. The minimum atomic E-state index is -0.0123. The molecule has 0 radical (unpaired) electrons. The Balaban J connectivity index is 1.79. The standard InChI is InChI=1S/C16H20N4O2S/c17-16-18-13(12-4-2-1-3-5-12)14(23-16)15(22)20-8-6-19(7-9-20)10-11-21/h1-5,21H,6-11H2,(H2,17,18). The van der Waals surface area contributed by atoms with Crippen molar-refractivity contribution >= 4 is 22.4 Å². The lowest BCUT2D eigenvalue weighted by atomic mass is 10.1. The molecule has 0 saturated carbocycles. The Morgan fingerprint density at radius 2 is 1.91 bits per heavy atom. The molecule has 1 aromatic heterocycles. The third-order valence-electron chi connectivity index (χ3n) is 3.96. The fourth-order valence-corrected chi connectivity index (χ4v) is 3.56. The average Bonchev–Trinajstić information content (AvgIpc) is 2.98. The molecule has 1 aromatic carbocycles. The smallest absolute Gasteiger partial charge is 0.266 e. The molecule has 0 spiro atoms. The summed E-state index contributed by atoms with van der Waals surface area (Å²) in [6, 6.07) is 9.65. The molecule has 7 heteroatoms. The number of aliphatic hydroxyl groups excluding tert-OH is 1. The predicted octanol–water partition coefficient (Wildman–Crippen LogP) is 1.14. The van der Waals surface area contributed by atoms with E-state index in [-0.39, 0.29) is 12.5 Å². The van der Waals surface area contributed by atoms with Crippen molar-refractivity contribution in [2.75, 3.05) is 45.1 Å². The number of thiazole rings is 1. The number of carbonyl (C=O) groups is 1. The third kappa shape index (κ3) is 3.52.